The standard InChI is InChI=1S/C11H17N3O2/c1-4-13-11(14-12)8-6-5-7-9(15-2)10(8)16-3/h5-7H,4,12H2,1-3H3,(H,13,14). The number of hydrogen-bond donors (Lipinski definition) is 2. The Morgan fingerprint density at radius 2 is 2.12 bits per heavy atom. The smallest absolute Gasteiger partial charge is 0.171 e. The fourth-order valence-corrected chi connectivity index (χ4v) is 1.44. The minimum absolute atomic E-state index is 0.582. The lowest BCUT2D eigenvalue weighted by molar-refractivity contribution is 0.354. The zero-order valence-electron chi connectivity index (χ0n) is 9.78. The summed E-state index contributed by atoms with van der Waals surface area (Å²) in [4.78, 5) is 4.24. The molecular weight excluding hydrogens is 206 g/mol. The summed E-state index contributed by atoms with van der Waals surface area (Å²) >= 11 is 0. The predicted octanol–water partition coefficient (Wildman–Crippen LogP) is 0.934. The summed E-state index contributed by atoms with van der Waals surface area (Å²) in [7, 11) is 3.18. The van der Waals surface area contributed by atoms with E-state index in [1.54, 1.807) is 14.2 Å². The Labute approximate surface area is 95.2 Å². The molecule has 3 N–H and O–H groups in total. The van der Waals surface area contributed by atoms with Crippen LogP contribution in [0.4, 0.5) is 0 Å². The number of benzene rings is 1. The lowest BCUT2D eigenvalue weighted by atomic mass is 10.1. The van der Waals surface area contributed by atoms with Gasteiger partial charge in [-0.1, -0.05) is 6.07 Å². The van der Waals surface area contributed by atoms with Crippen LogP contribution in [0.2, 0.25) is 0 Å². The van der Waals surface area contributed by atoms with Gasteiger partial charge < -0.3 is 14.9 Å². The molecule has 16 heavy (non-hydrogen) atoms. The molecule has 0 amide bonds. The van der Waals surface area contributed by atoms with E-state index in [2.05, 4.69) is 10.4 Å². The highest BCUT2D eigenvalue weighted by molar-refractivity contribution is 6.01. The number of para-hydroxylation sites is 1. The summed E-state index contributed by atoms with van der Waals surface area (Å²) in [5, 5.41) is 0. The van der Waals surface area contributed by atoms with E-state index < -0.39 is 0 Å². The van der Waals surface area contributed by atoms with Crippen molar-refractivity contribution in [3.63, 3.8) is 0 Å². The van der Waals surface area contributed by atoms with E-state index in [9.17, 15) is 0 Å². The fraction of sp³-hybridized carbons (Fsp3) is 0.364. The number of aliphatic imine (C=N–C) groups is 1. The van der Waals surface area contributed by atoms with Crippen LogP contribution in [0.1, 0.15) is 12.5 Å². The quantitative estimate of drug-likeness (QED) is 0.345. The molecule has 1 rings (SSSR count). The van der Waals surface area contributed by atoms with Gasteiger partial charge in [0.25, 0.3) is 0 Å². The topological polar surface area (TPSA) is 68.9 Å². The molecule has 0 fully saturated rings. The summed E-state index contributed by atoms with van der Waals surface area (Å²) < 4.78 is 10.5. The number of ether oxygens (including phenoxy) is 2. The van der Waals surface area contributed by atoms with Crippen molar-refractivity contribution in [2.24, 2.45) is 10.8 Å². The number of hydrogen-bond acceptors (Lipinski definition) is 4. The monoisotopic (exact) mass is 223 g/mol. The van der Waals surface area contributed by atoms with Crippen LogP contribution in [0, 0.1) is 0 Å². The summed E-state index contributed by atoms with van der Waals surface area (Å²) in [6.45, 7) is 2.57. The van der Waals surface area contributed by atoms with Gasteiger partial charge in [-0.3, -0.25) is 4.99 Å². The van der Waals surface area contributed by atoms with E-state index in [-0.39, 0.29) is 0 Å². The van der Waals surface area contributed by atoms with Gasteiger partial charge >= 0.3 is 0 Å². The third kappa shape index (κ3) is 2.43. The van der Waals surface area contributed by atoms with E-state index in [4.69, 9.17) is 15.3 Å². The maximum absolute atomic E-state index is 5.43. The number of methoxy groups -OCH3 is 2. The molecule has 0 spiro atoms. The maximum Gasteiger partial charge on any atom is 0.171 e. The molecule has 0 heterocycles. The summed E-state index contributed by atoms with van der Waals surface area (Å²) in [6, 6.07) is 5.55. The van der Waals surface area contributed by atoms with Gasteiger partial charge in [-0.15, -0.1) is 0 Å². The summed E-state index contributed by atoms with van der Waals surface area (Å²) in [5.74, 6) is 7.28. The van der Waals surface area contributed by atoms with Gasteiger partial charge in [0, 0.05) is 6.54 Å². The Morgan fingerprint density at radius 3 is 2.62 bits per heavy atom. The molecule has 88 valence electrons. The highest BCUT2D eigenvalue weighted by atomic mass is 16.5. The second kappa shape index (κ2) is 5.97. The molecular formula is C11H17N3O2. The van der Waals surface area contributed by atoms with Gasteiger partial charge in [0.2, 0.25) is 0 Å². The first-order chi connectivity index (χ1) is 7.78. The van der Waals surface area contributed by atoms with E-state index in [0.29, 0.717) is 23.9 Å². The molecule has 1 aromatic rings. The molecule has 0 bridgehead atoms. The summed E-state index contributed by atoms with van der Waals surface area (Å²) in [6.07, 6.45) is 0. The van der Waals surface area contributed by atoms with Crippen molar-refractivity contribution < 1.29 is 9.47 Å². The van der Waals surface area contributed by atoms with Crippen molar-refractivity contribution in [3.05, 3.63) is 23.8 Å². The lowest BCUT2D eigenvalue weighted by Crippen LogP contribution is -2.31. The predicted molar refractivity (Wildman–Crippen MR) is 63.9 cm³/mol. The van der Waals surface area contributed by atoms with Crippen LogP contribution < -0.4 is 20.7 Å². The molecule has 0 saturated carbocycles. The number of rotatable bonds is 4. The molecule has 0 aliphatic rings. The summed E-state index contributed by atoms with van der Waals surface area (Å²) in [5.41, 5.74) is 3.34. The third-order valence-corrected chi connectivity index (χ3v) is 2.11. The Morgan fingerprint density at radius 1 is 1.38 bits per heavy atom. The van der Waals surface area contributed by atoms with Crippen LogP contribution in [-0.4, -0.2) is 26.6 Å². The van der Waals surface area contributed by atoms with Crippen LogP contribution in [0.5, 0.6) is 11.5 Å². The third-order valence-electron chi connectivity index (χ3n) is 2.11. The zero-order valence-corrected chi connectivity index (χ0v) is 9.78. The SMILES string of the molecule is CCN=C(NN)c1cccc(OC)c1OC. The molecule has 0 aromatic heterocycles. The molecule has 1 aromatic carbocycles. The second-order valence-electron chi connectivity index (χ2n) is 3.01. The first kappa shape index (κ1) is 12.3. The molecule has 0 aliphatic carbocycles. The molecule has 5 heteroatoms. The number of nitrogens with zero attached hydrogens (tertiary/aromatic N) is 1. The van der Waals surface area contributed by atoms with Crippen molar-refractivity contribution in [2.75, 3.05) is 20.8 Å². The van der Waals surface area contributed by atoms with Gasteiger partial charge in [0.05, 0.1) is 19.8 Å². The van der Waals surface area contributed by atoms with Crippen LogP contribution in [0.15, 0.2) is 23.2 Å². The maximum atomic E-state index is 5.43. The Bertz CT molecular complexity index is 377. The van der Waals surface area contributed by atoms with Crippen LogP contribution >= 0.6 is 0 Å². The Balaban J connectivity index is 3.26. The van der Waals surface area contributed by atoms with Gasteiger partial charge in [0.15, 0.2) is 11.5 Å². The molecule has 0 atom stereocenters. The van der Waals surface area contributed by atoms with E-state index in [1.807, 2.05) is 25.1 Å². The fourth-order valence-electron chi connectivity index (χ4n) is 1.44. The van der Waals surface area contributed by atoms with E-state index >= 15 is 0 Å². The Hall–Kier alpha value is -1.75. The van der Waals surface area contributed by atoms with Crippen molar-refractivity contribution >= 4 is 5.84 Å². The minimum atomic E-state index is 0.582. The zero-order chi connectivity index (χ0) is 12.0. The largest absolute Gasteiger partial charge is 0.493 e. The molecule has 0 aliphatic heterocycles. The highest BCUT2D eigenvalue weighted by Crippen LogP contribution is 2.30. The lowest BCUT2D eigenvalue weighted by Gasteiger charge is -2.13. The van der Waals surface area contributed by atoms with E-state index in [1.165, 1.54) is 0 Å². The van der Waals surface area contributed by atoms with Crippen molar-refractivity contribution in [3.8, 4) is 11.5 Å². The van der Waals surface area contributed by atoms with Gasteiger partial charge in [-0.25, -0.2) is 5.84 Å². The van der Waals surface area contributed by atoms with Crippen molar-refractivity contribution in [1.82, 2.24) is 5.43 Å². The van der Waals surface area contributed by atoms with Crippen LogP contribution in [-0.2, 0) is 0 Å². The van der Waals surface area contributed by atoms with Crippen LogP contribution in [0.3, 0.4) is 0 Å². The first-order valence-corrected chi connectivity index (χ1v) is 5.00. The normalized spacial score (nSPS) is 11.1. The molecule has 0 radical (unpaired) electrons. The average molecular weight is 223 g/mol. The van der Waals surface area contributed by atoms with Crippen molar-refractivity contribution in [2.45, 2.75) is 6.92 Å². The van der Waals surface area contributed by atoms with Gasteiger partial charge in [-0.2, -0.15) is 0 Å². The van der Waals surface area contributed by atoms with Gasteiger partial charge in [-0.05, 0) is 19.1 Å². The van der Waals surface area contributed by atoms with Crippen molar-refractivity contribution in [1.29, 1.82) is 0 Å². The number of nitrogens with one attached hydrogen (secondary N) is 1. The van der Waals surface area contributed by atoms with Gasteiger partial charge in [0.1, 0.15) is 5.84 Å². The number of amidine groups is 1. The second-order valence-corrected chi connectivity index (χ2v) is 3.01. The van der Waals surface area contributed by atoms with Crippen LogP contribution in [0.25, 0.3) is 0 Å². The molecule has 0 unspecified atom stereocenters. The highest BCUT2D eigenvalue weighted by Gasteiger charge is 2.13. The average Bonchev–Trinajstić information content (AvgIpc) is 2.34. The minimum Gasteiger partial charge on any atom is -0.493 e. The van der Waals surface area contributed by atoms with E-state index in [0.717, 1.165) is 5.56 Å². The number of nitrogens with two attached hydrogens (primary N) is 1. The first-order valence-electron chi connectivity index (χ1n) is 5.00. The Kier molecular flexibility index (Phi) is 4.60. The molecule has 5 nitrogen and oxygen atoms in total. The molecule has 0 saturated heterocycles. The number of hydrazine groups is 1.